The molecule has 1 N–H and O–H groups in total. The second kappa shape index (κ2) is 5.77. The first kappa shape index (κ1) is 11.2. The van der Waals surface area contributed by atoms with Gasteiger partial charge < -0.3 is 6.74 Å². The molecule has 1 aromatic rings. The maximum atomic E-state index is 10.8. The van der Waals surface area contributed by atoms with E-state index in [2.05, 4.69) is 12.4 Å². The molecule has 0 fully saturated rings. The summed E-state index contributed by atoms with van der Waals surface area (Å²) in [7, 11) is 3.26. The molecule has 1 rings (SSSR count). The monoisotopic (exact) mass is 223 g/mol. The second-order valence-corrected chi connectivity index (χ2v) is 1.87. The minimum absolute atomic E-state index is 0. The third-order valence-electron chi connectivity index (χ3n) is 1.20. The summed E-state index contributed by atoms with van der Waals surface area (Å²) < 4.78 is 0. The van der Waals surface area contributed by atoms with Crippen molar-refractivity contribution in [2.45, 2.75) is 0 Å². The number of nitrogens with one attached hydrogen (secondary N) is 1. The summed E-state index contributed by atoms with van der Waals surface area (Å²) in [4.78, 5) is 10.8. The Morgan fingerprint density at radius 3 is 2.36 bits per heavy atom. The quantitative estimate of drug-likeness (QED) is 0.556. The number of hydrogen-bond donors (Lipinski definition) is 1. The molecule has 0 spiro atoms. The van der Waals surface area contributed by atoms with Crippen LogP contribution in [0.5, 0.6) is 0 Å². The molecule has 0 aliphatic heterocycles. The van der Waals surface area contributed by atoms with Gasteiger partial charge in [-0.05, 0) is 12.1 Å². The van der Waals surface area contributed by atoms with E-state index in [1.54, 1.807) is 12.1 Å². The third-order valence-corrected chi connectivity index (χ3v) is 1.20. The maximum Gasteiger partial charge on any atom is 2.00 e. The maximum absolute atomic E-state index is 10.8. The van der Waals surface area contributed by atoms with E-state index in [-0.39, 0.29) is 52.8 Å². The van der Waals surface area contributed by atoms with Gasteiger partial charge in [0.25, 0.3) is 0 Å². The molecule has 11 heavy (non-hydrogen) atoms. The van der Waals surface area contributed by atoms with E-state index in [0.29, 0.717) is 5.56 Å². The van der Waals surface area contributed by atoms with Gasteiger partial charge in [-0.2, -0.15) is 0 Å². The van der Waals surface area contributed by atoms with Crippen LogP contribution in [0.2, 0.25) is 0 Å². The van der Waals surface area contributed by atoms with Crippen molar-refractivity contribution < 1.29 is 6.22 Å². The Balaban J connectivity index is 0. The molecule has 0 radical (unpaired) electrons. The Labute approximate surface area is 105 Å². The topological polar surface area (TPSA) is 29.1 Å². The molecule has 0 atom stereocenters. The van der Waals surface area contributed by atoms with Crippen molar-refractivity contribution >= 4 is 51.4 Å². The average molecular weight is 223 g/mol. The third kappa shape index (κ3) is 3.38. The number of carbonyl (C=O) groups is 1. The van der Waals surface area contributed by atoms with Gasteiger partial charge in [0, 0.05) is 5.56 Å². The molecule has 0 heterocycles. The van der Waals surface area contributed by atoms with Gasteiger partial charge in [-0.1, -0.05) is 18.2 Å². The van der Waals surface area contributed by atoms with Crippen molar-refractivity contribution in [3.63, 3.8) is 0 Å². The summed E-state index contributed by atoms with van der Waals surface area (Å²) in [6, 6.07) is 8.95. The first-order valence-electron chi connectivity index (χ1n) is 2.97. The van der Waals surface area contributed by atoms with Crippen LogP contribution in [0.15, 0.2) is 30.3 Å². The summed E-state index contributed by atoms with van der Waals surface area (Å²) in [5, 5.41) is 2.29. The first-order valence-corrected chi connectivity index (χ1v) is 2.97. The first-order chi connectivity index (χ1) is 4.84. The fourth-order valence-corrected chi connectivity index (χ4v) is 0.692. The number of carbonyl (C=O) groups excluding carboxylic acids is 1. The van der Waals surface area contributed by atoms with Gasteiger partial charge in [-0.15, -0.1) is 0 Å². The zero-order valence-corrected chi connectivity index (χ0v) is 9.69. The van der Waals surface area contributed by atoms with Crippen molar-refractivity contribution in [3.05, 3.63) is 42.9 Å². The van der Waals surface area contributed by atoms with Crippen molar-refractivity contribution in [2.75, 3.05) is 0 Å². The van der Waals surface area contributed by atoms with Gasteiger partial charge in [-0.25, -0.2) is 0 Å². The molecule has 0 unspecified atom stereocenters. The molecule has 0 aromatic heterocycles. The van der Waals surface area contributed by atoms with Crippen molar-refractivity contribution in [1.82, 2.24) is 5.32 Å². The SMILES string of the molecule is [CH2-]NC(=O)c1ccccc1.[H-].[Sr+2]. The van der Waals surface area contributed by atoms with Crippen LogP contribution < -0.4 is 5.32 Å². The molecule has 1 aromatic carbocycles. The molecule has 0 saturated carbocycles. The molecular weight excluding hydrogens is 214 g/mol. The van der Waals surface area contributed by atoms with E-state index in [1.165, 1.54) is 0 Å². The van der Waals surface area contributed by atoms with Crippen LogP contribution in [-0.2, 0) is 0 Å². The average Bonchev–Trinajstić information content (AvgIpc) is 2.05. The summed E-state index contributed by atoms with van der Waals surface area (Å²) >= 11 is 0. The standard InChI is InChI=1S/C8H8NO.Sr.H/c1-9-8(10)7-5-3-2-4-6-7;;/h2-6H,1H2,(H,9,10);;/q-1;+2;-1. The summed E-state index contributed by atoms with van der Waals surface area (Å²) in [5.74, 6) is -0.152. The predicted octanol–water partition coefficient (Wildman–Crippen LogP) is 0.940. The molecule has 0 aliphatic rings. The van der Waals surface area contributed by atoms with E-state index < -0.39 is 0 Å². The van der Waals surface area contributed by atoms with Crippen LogP contribution in [0.4, 0.5) is 0 Å². The summed E-state index contributed by atoms with van der Waals surface area (Å²) in [5.41, 5.74) is 0.637. The summed E-state index contributed by atoms with van der Waals surface area (Å²) in [6.45, 7) is 0. The van der Waals surface area contributed by atoms with Gasteiger partial charge in [0.2, 0.25) is 5.91 Å². The van der Waals surface area contributed by atoms with E-state index in [9.17, 15) is 4.79 Å². The molecule has 0 bridgehead atoms. The Hall–Kier alpha value is 0.171. The Kier molecular flexibility index (Phi) is 5.86. The van der Waals surface area contributed by atoms with E-state index >= 15 is 0 Å². The Morgan fingerprint density at radius 2 is 1.91 bits per heavy atom. The molecular formula is C8H9NOSr. The van der Waals surface area contributed by atoms with Gasteiger partial charge >= 0.3 is 45.5 Å². The van der Waals surface area contributed by atoms with Gasteiger partial charge in [0.1, 0.15) is 0 Å². The van der Waals surface area contributed by atoms with Crippen LogP contribution >= 0.6 is 0 Å². The van der Waals surface area contributed by atoms with E-state index in [4.69, 9.17) is 0 Å². The molecule has 1 amide bonds. The fourth-order valence-electron chi connectivity index (χ4n) is 0.692. The molecule has 2 nitrogen and oxygen atoms in total. The van der Waals surface area contributed by atoms with Crippen LogP contribution in [0.3, 0.4) is 0 Å². The van der Waals surface area contributed by atoms with E-state index in [0.717, 1.165) is 0 Å². The molecule has 54 valence electrons. The van der Waals surface area contributed by atoms with Crippen molar-refractivity contribution in [3.8, 4) is 0 Å². The number of benzene rings is 1. The van der Waals surface area contributed by atoms with Crippen LogP contribution in [0, 0.1) is 7.05 Å². The zero-order chi connectivity index (χ0) is 7.40. The Bertz CT molecular complexity index is 228. The van der Waals surface area contributed by atoms with Crippen LogP contribution in [0.1, 0.15) is 11.8 Å². The van der Waals surface area contributed by atoms with Gasteiger partial charge in [-0.3, -0.25) is 11.8 Å². The minimum Gasteiger partial charge on any atom is -1.00 e. The largest absolute Gasteiger partial charge is 2.00 e. The van der Waals surface area contributed by atoms with Gasteiger partial charge in [0.15, 0.2) is 0 Å². The smallest absolute Gasteiger partial charge is 1.00 e. The van der Waals surface area contributed by atoms with Crippen molar-refractivity contribution in [1.29, 1.82) is 0 Å². The predicted molar refractivity (Wildman–Crippen MR) is 46.1 cm³/mol. The van der Waals surface area contributed by atoms with Gasteiger partial charge in [0.05, 0.1) is 0 Å². The summed E-state index contributed by atoms with van der Waals surface area (Å²) in [6.07, 6.45) is 0. The second-order valence-electron chi connectivity index (χ2n) is 1.87. The number of amides is 1. The number of rotatable bonds is 1. The normalized spacial score (nSPS) is 8.09. The Morgan fingerprint density at radius 1 is 1.36 bits per heavy atom. The van der Waals surface area contributed by atoms with Crippen molar-refractivity contribution in [2.24, 2.45) is 0 Å². The number of hydrogen-bond acceptors (Lipinski definition) is 1. The minimum atomic E-state index is -0.152. The molecule has 0 aliphatic carbocycles. The fraction of sp³-hybridized carbons (Fsp3) is 0. The molecule has 3 heteroatoms. The zero-order valence-electron chi connectivity index (χ0n) is 7.21. The van der Waals surface area contributed by atoms with Crippen LogP contribution in [-0.4, -0.2) is 51.4 Å². The van der Waals surface area contributed by atoms with Crippen LogP contribution in [0.25, 0.3) is 0 Å². The molecule has 0 saturated heterocycles. The van der Waals surface area contributed by atoms with E-state index in [1.807, 2.05) is 18.2 Å².